The molecule has 1 aromatic carbocycles. The zero-order chi connectivity index (χ0) is 10.1. The number of likely N-dealkylation sites (N-methyl/N-ethyl adjacent to an activating group) is 1. The van der Waals surface area contributed by atoms with Gasteiger partial charge in [-0.15, -0.1) is 0 Å². The van der Waals surface area contributed by atoms with E-state index in [0.717, 1.165) is 6.54 Å². The smallest absolute Gasteiger partial charge is 0.0608 e. The van der Waals surface area contributed by atoms with Crippen LogP contribution in [0.1, 0.15) is 18.9 Å². The van der Waals surface area contributed by atoms with Crippen LogP contribution in [-0.4, -0.2) is 19.6 Å². The van der Waals surface area contributed by atoms with Gasteiger partial charge in [-0.2, -0.15) is 0 Å². The Balaban J connectivity index is 2.41. The summed E-state index contributed by atoms with van der Waals surface area (Å²) >= 11 is 0. The molecule has 0 aromatic heterocycles. The molecule has 1 aliphatic heterocycles. The van der Waals surface area contributed by atoms with Gasteiger partial charge in [-0.05, 0) is 25.0 Å². The van der Waals surface area contributed by atoms with E-state index >= 15 is 0 Å². The van der Waals surface area contributed by atoms with Crippen molar-refractivity contribution in [2.75, 3.05) is 23.8 Å². The lowest BCUT2D eigenvalue weighted by molar-refractivity contribution is 0.622. The first kappa shape index (κ1) is 9.38. The van der Waals surface area contributed by atoms with Crippen molar-refractivity contribution < 1.29 is 0 Å². The summed E-state index contributed by atoms with van der Waals surface area (Å²) in [6, 6.07) is 7.11. The van der Waals surface area contributed by atoms with Crippen LogP contribution in [0.5, 0.6) is 0 Å². The van der Waals surface area contributed by atoms with E-state index in [1.165, 1.54) is 23.4 Å². The number of benzene rings is 1. The molecule has 76 valence electrons. The number of hydrogen-bond donors (Lipinski definition) is 1. The first-order valence-corrected chi connectivity index (χ1v) is 5.30. The van der Waals surface area contributed by atoms with E-state index in [1.807, 2.05) is 0 Å². The number of nitrogens with zero attached hydrogens (tertiary/aromatic N) is 1. The summed E-state index contributed by atoms with van der Waals surface area (Å²) < 4.78 is 0. The Bertz CT molecular complexity index is 333. The highest BCUT2D eigenvalue weighted by Gasteiger charge is 2.21. The topological polar surface area (TPSA) is 15.3 Å². The van der Waals surface area contributed by atoms with Gasteiger partial charge in [0.25, 0.3) is 0 Å². The Morgan fingerprint density at radius 3 is 3.00 bits per heavy atom. The number of aryl methyl sites for hydroxylation is 1. The predicted octanol–water partition coefficient (Wildman–Crippen LogP) is 2.64. The molecule has 2 nitrogen and oxygen atoms in total. The fourth-order valence-electron chi connectivity index (χ4n) is 2.15. The lowest BCUT2D eigenvalue weighted by Crippen LogP contribution is -2.41. The molecule has 0 amide bonds. The lowest BCUT2D eigenvalue weighted by Gasteiger charge is -2.37. The third-order valence-corrected chi connectivity index (χ3v) is 3.16. The van der Waals surface area contributed by atoms with Gasteiger partial charge in [0, 0.05) is 19.6 Å². The molecule has 1 aromatic rings. The maximum atomic E-state index is 3.52. The largest absolute Gasteiger partial charge is 0.381 e. The molecule has 14 heavy (non-hydrogen) atoms. The maximum absolute atomic E-state index is 3.52. The lowest BCUT2D eigenvalue weighted by atomic mass is 10.0. The van der Waals surface area contributed by atoms with Crippen molar-refractivity contribution in [2.24, 2.45) is 0 Å². The normalized spacial score (nSPS) is 20.2. The van der Waals surface area contributed by atoms with E-state index in [1.54, 1.807) is 0 Å². The standard InChI is InChI=1S/C12H18N2/c1-4-10-8-13-12-9(2)6-5-7-11(12)14(10)3/h5-7,10,13H,4,8H2,1-3H3. The summed E-state index contributed by atoms with van der Waals surface area (Å²) in [5, 5.41) is 3.52. The average molecular weight is 190 g/mol. The molecule has 1 aliphatic rings. The minimum atomic E-state index is 0.629. The van der Waals surface area contributed by atoms with Crippen molar-refractivity contribution in [1.29, 1.82) is 0 Å². The van der Waals surface area contributed by atoms with Gasteiger partial charge in [-0.25, -0.2) is 0 Å². The van der Waals surface area contributed by atoms with Crippen LogP contribution in [0, 0.1) is 6.92 Å². The molecular formula is C12H18N2. The van der Waals surface area contributed by atoms with Crippen molar-refractivity contribution in [1.82, 2.24) is 0 Å². The molecule has 0 saturated carbocycles. The van der Waals surface area contributed by atoms with Gasteiger partial charge in [-0.1, -0.05) is 19.1 Å². The van der Waals surface area contributed by atoms with Crippen LogP contribution in [0.2, 0.25) is 0 Å². The van der Waals surface area contributed by atoms with Crippen LogP contribution in [0.4, 0.5) is 11.4 Å². The van der Waals surface area contributed by atoms with Crippen molar-refractivity contribution in [3.05, 3.63) is 23.8 Å². The fraction of sp³-hybridized carbons (Fsp3) is 0.500. The van der Waals surface area contributed by atoms with Crippen LogP contribution in [0.3, 0.4) is 0 Å². The average Bonchev–Trinajstić information content (AvgIpc) is 2.20. The van der Waals surface area contributed by atoms with E-state index in [4.69, 9.17) is 0 Å². The molecular weight excluding hydrogens is 172 g/mol. The van der Waals surface area contributed by atoms with E-state index in [9.17, 15) is 0 Å². The quantitative estimate of drug-likeness (QED) is 0.732. The maximum Gasteiger partial charge on any atom is 0.0608 e. The molecule has 0 spiro atoms. The number of rotatable bonds is 1. The van der Waals surface area contributed by atoms with E-state index in [0.29, 0.717) is 6.04 Å². The highest BCUT2D eigenvalue weighted by Crippen LogP contribution is 2.33. The Morgan fingerprint density at radius 2 is 2.29 bits per heavy atom. The first-order valence-electron chi connectivity index (χ1n) is 5.30. The van der Waals surface area contributed by atoms with Gasteiger partial charge in [0.2, 0.25) is 0 Å². The van der Waals surface area contributed by atoms with Gasteiger partial charge in [0.1, 0.15) is 0 Å². The highest BCUT2D eigenvalue weighted by molar-refractivity contribution is 5.75. The highest BCUT2D eigenvalue weighted by atomic mass is 15.2. The molecule has 1 N–H and O–H groups in total. The van der Waals surface area contributed by atoms with Gasteiger partial charge in [-0.3, -0.25) is 0 Å². The Kier molecular flexibility index (Phi) is 2.36. The minimum absolute atomic E-state index is 0.629. The van der Waals surface area contributed by atoms with Crippen LogP contribution < -0.4 is 10.2 Å². The van der Waals surface area contributed by atoms with Gasteiger partial charge < -0.3 is 10.2 Å². The summed E-state index contributed by atoms with van der Waals surface area (Å²) in [4.78, 5) is 2.39. The Hall–Kier alpha value is -1.18. The molecule has 1 unspecified atom stereocenters. The van der Waals surface area contributed by atoms with E-state index < -0.39 is 0 Å². The minimum Gasteiger partial charge on any atom is -0.381 e. The van der Waals surface area contributed by atoms with Crippen molar-refractivity contribution >= 4 is 11.4 Å². The van der Waals surface area contributed by atoms with Crippen LogP contribution in [0.15, 0.2) is 18.2 Å². The molecule has 2 heteroatoms. The fourth-order valence-corrected chi connectivity index (χ4v) is 2.15. The second kappa shape index (κ2) is 3.52. The molecule has 0 fully saturated rings. The second-order valence-corrected chi connectivity index (χ2v) is 4.02. The first-order chi connectivity index (χ1) is 6.74. The molecule has 0 radical (unpaired) electrons. The molecule has 1 heterocycles. The zero-order valence-electron chi connectivity index (χ0n) is 9.17. The number of nitrogens with one attached hydrogen (secondary N) is 1. The summed E-state index contributed by atoms with van der Waals surface area (Å²) in [6.07, 6.45) is 1.19. The summed E-state index contributed by atoms with van der Waals surface area (Å²) in [5.41, 5.74) is 3.98. The zero-order valence-corrected chi connectivity index (χ0v) is 9.17. The van der Waals surface area contributed by atoms with E-state index in [-0.39, 0.29) is 0 Å². The number of hydrogen-bond acceptors (Lipinski definition) is 2. The van der Waals surface area contributed by atoms with Crippen LogP contribution in [0.25, 0.3) is 0 Å². The van der Waals surface area contributed by atoms with Crippen LogP contribution in [-0.2, 0) is 0 Å². The summed E-state index contributed by atoms with van der Waals surface area (Å²) in [6.45, 7) is 5.46. The van der Waals surface area contributed by atoms with Crippen LogP contribution >= 0.6 is 0 Å². The Labute approximate surface area is 85.9 Å². The van der Waals surface area contributed by atoms with Gasteiger partial charge >= 0.3 is 0 Å². The number of fused-ring (bicyclic) bond motifs is 1. The predicted molar refractivity (Wildman–Crippen MR) is 62.2 cm³/mol. The molecule has 0 aliphatic carbocycles. The van der Waals surface area contributed by atoms with Crippen molar-refractivity contribution in [3.63, 3.8) is 0 Å². The van der Waals surface area contributed by atoms with Gasteiger partial charge in [0.15, 0.2) is 0 Å². The monoisotopic (exact) mass is 190 g/mol. The SMILES string of the molecule is CCC1CNc2c(C)cccc2N1C. The molecule has 0 bridgehead atoms. The summed E-state index contributed by atoms with van der Waals surface area (Å²) in [5.74, 6) is 0. The third-order valence-electron chi connectivity index (χ3n) is 3.16. The molecule has 2 rings (SSSR count). The molecule has 0 saturated heterocycles. The molecule has 1 atom stereocenters. The van der Waals surface area contributed by atoms with Crippen molar-refractivity contribution in [3.8, 4) is 0 Å². The summed E-state index contributed by atoms with van der Waals surface area (Å²) in [7, 11) is 2.19. The Morgan fingerprint density at radius 1 is 1.50 bits per heavy atom. The van der Waals surface area contributed by atoms with E-state index in [2.05, 4.69) is 49.3 Å². The van der Waals surface area contributed by atoms with Crippen molar-refractivity contribution in [2.45, 2.75) is 26.3 Å². The third kappa shape index (κ3) is 1.35. The number of anilines is 2. The van der Waals surface area contributed by atoms with Gasteiger partial charge in [0.05, 0.1) is 11.4 Å². The number of para-hydroxylation sites is 1. The second-order valence-electron chi connectivity index (χ2n) is 4.02.